The van der Waals surface area contributed by atoms with Gasteiger partial charge in [-0.05, 0) is 58.2 Å². The van der Waals surface area contributed by atoms with E-state index in [0.29, 0.717) is 19.6 Å². The largest absolute Gasteiger partial charge is 0.366 e. The average molecular weight is 540 g/mol. The highest BCUT2D eigenvalue weighted by molar-refractivity contribution is 7.98. The summed E-state index contributed by atoms with van der Waals surface area (Å²) in [5.41, 5.74) is 1.71. The van der Waals surface area contributed by atoms with Gasteiger partial charge in [0.1, 0.15) is 17.5 Å². The molecule has 3 aliphatic rings. The summed E-state index contributed by atoms with van der Waals surface area (Å²) in [6.45, 7) is 8.83. The molecule has 11 heteroatoms. The summed E-state index contributed by atoms with van der Waals surface area (Å²) in [5, 5.41) is 15.9. The Kier molecular flexibility index (Phi) is 7.83. The van der Waals surface area contributed by atoms with Crippen molar-refractivity contribution in [3.63, 3.8) is 0 Å². The molecule has 2 aromatic rings. The molecular weight excluding hydrogens is 500 g/mol. The van der Waals surface area contributed by atoms with Crippen LogP contribution in [0.3, 0.4) is 0 Å². The summed E-state index contributed by atoms with van der Waals surface area (Å²) in [6.07, 6.45) is 4.39. The molecule has 5 heterocycles. The van der Waals surface area contributed by atoms with E-state index in [1.807, 2.05) is 22.9 Å². The third kappa shape index (κ3) is 5.96. The molecule has 37 heavy (non-hydrogen) atoms. The molecule has 8 nitrogen and oxygen atoms in total. The molecule has 206 valence electrons. The Morgan fingerprint density at radius 2 is 1.97 bits per heavy atom. The van der Waals surface area contributed by atoms with Crippen molar-refractivity contribution in [2.75, 3.05) is 39.0 Å². The van der Waals surface area contributed by atoms with Gasteiger partial charge in [0.15, 0.2) is 5.79 Å². The maximum atomic E-state index is 14.5. The van der Waals surface area contributed by atoms with Crippen LogP contribution in [0.5, 0.6) is 0 Å². The van der Waals surface area contributed by atoms with Gasteiger partial charge in [0.05, 0.1) is 23.4 Å². The molecule has 0 unspecified atom stereocenters. The molecular formula is C26H39F2N5O3S. The predicted molar refractivity (Wildman–Crippen MR) is 138 cm³/mol. The molecule has 3 saturated heterocycles. The summed E-state index contributed by atoms with van der Waals surface area (Å²) in [7, 11) is 0. The minimum absolute atomic E-state index is 0.0706. The standard InChI is InChI=1S/C26H39F2N5O3S/c1-17-21(15-32-12-9-26(27,28)13-18(32)14-31-10-5-6-11-31)35-23(22(17)36-25(2,3)34)19-7-8-20-24(37-4)29-16-30-33(19)20/h7-8,16-18,21-23,34H,5-6,9-15H2,1-4H3/t17-,18+,21-,22-,23+/m1/s1. The van der Waals surface area contributed by atoms with Crippen molar-refractivity contribution in [2.45, 2.75) is 87.5 Å². The van der Waals surface area contributed by atoms with Crippen LogP contribution in [0.4, 0.5) is 8.78 Å². The number of rotatable bonds is 8. The number of nitrogens with zero attached hydrogens (tertiary/aromatic N) is 5. The van der Waals surface area contributed by atoms with Crippen molar-refractivity contribution in [1.82, 2.24) is 24.4 Å². The van der Waals surface area contributed by atoms with E-state index in [1.54, 1.807) is 25.6 Å². The molecule has 3 aliphatic heterocycles. The van der Waals surface area contributed by atoms with Crippen molar-refractivity contribution in [3.05, 3.63) is 24.2 Å². The van der Waals surface area contributed by atoms with E-state index in [0.717, 1.165) is 42.2 Å². The van der Waals surface area contributed by atoms with Gasteiger partial charge in [-0.2, -0.15) is 5.10 Å². The third-order valence-electron chi connectivity index (χ3n) is 7.98. The SMILES string of the molecule is CSc1ncnn2c([C@@H]3O[C@H](CN4CCC(F)(F)C[C@H]4CN4CCCC4)[C@@H](C)[C@H]3OC(C)(C)O)ccc12. The molecule has 0 radical (unpaired) electrons. The molecule has 1 N–H and O–H groups in total. The summed E-state index contributed by atoms with van der Waals surface area (Å²) < 4.78 is 43.6. The van der Waals surface area contributed by atoms with Crippen LogP contribution in [0, 0.1) is 5.92 Å². The molecule has 0 bridgehead atoms. The lowest BCUT2D eigenvalue weighted by Crippen LogP contribution is -2.54. The van der Waals surface area contributed by atoms with E-state index in [2.05, 4.69) is 26.8 Å². The number of hydrogen-bond acceptors (Lipinski definition) is 8. The first-order chi connectivity index (χ1) is 17.5. The number of thioether (sulfide) groups is 1. The number of ether oxygens (including phenoxy) is 2. The highest BCUT2D eigenvalue weighted by Crippen LogP contribution is 2.43. The lowest BCUT2D eigenvalue weighted by atomic mass is 9.93. The van der Waals surface area contributed by atoms with Gasteiger partial charge in [-0.15, -0.1) is 11.8 Å². The number of aliphatic hydroxyl groups is 1. The molecule has 0 saturated carbocycles. The predicted octanol–water partition coefficient (Wildman–Crippen LogP) is 3.84. The number of hydrogen-bond donors (Lipinski definition) is 1. The molecule has 5 atom stereocenters. The topological polar surface area (TPSA) is 75.4 Å². The highest BCUT2D eigenvalue weighted by atomic mass is 32.2. The van der Waals surface area contributed by atoms with E-state index in [1.165, 1.54) is 6.33 Å². The van der Waals surface area contributed by atoms with E-state index in [-0.39, 0.29) is 30.9 Å². The Balaban J connectivity index is 1.40. The van der Waals surface area contributed by atoms with Crippen LogP contribution >= 0.6 is 11.8 Å². The van der Waals surface area contributed by atoms with Crippen LogP contribution in [-0.4, -0.2) is 98.4 Å². The quantitative estimate of drug-likeness (QED) is 0.401. The average Bonchev–Trinajstić information content (AvgIpc) is 3.55. The Bertz CT molecular complexity index is 1070. The summed E-state index contributed by atoms with van der Waals surface area (Å²) in [4.78, 5) is 8.88. The first-order valence-electron chi connectivity index (χ1n) is 13.3. The second kappa shape index (κ2) is 10.7. The fourth-order valence-electron chi connectivity index (χ4n) is 6.11. The van der Waals surface area contributed by atoms with Gasteiger partial charge in [-0.3, -0.25) is 4.90 Å². The van der Waals surface area contributed by atoms with Crippen LogP contribution < -0.4 is 0 Å². The second-order valence-corrected chi connectivity index (χ2v) is 12.1. The summed E-state index contributed by atoms with van der Waals surface area (Å²) in [6, 6.07) is 3.74. The first kappa shape index (κ1) is 27.2. The normalized spacial score (nSPS) is 31.5. The third-order valence-corrected chi connectivity index (χ3v) is 8.68. The lowest BCUT2D eigenvalue weighted by Gasteiger charge is -2.42. The molecule has 0 aliphatic carbocycles. The van der Waals surface area contributed by atoms with Gasteiger partial charge in [0.25, 0.3) is 5.92 Å². The Hall–Kier alpha value is -1.37. The number of alkyl halides is 2. The molecule has 2 aromatic heterocycles. The molecule has 3 fully saturated rings. The smallest absolute Gasteiger partial charge is 0.250 e. The fraction of sp³-hybridized carbons (Fsp3) is 0.769. The van der Waals surface area contributed by atoms with E-state index >= 15 is 0 Å². The van der Waals surface area contributed by atoms with Gasteiger partial charge in [0, 0.05) is 44.4 Å². The van der Waals surface area contributed by atoms with E-state index < -0.39 is 23.9 Å². The van der Waals surface area contributed by atoms with Crippen LogP contribution in [0.1, 0.15) is 58.3 Å². The van der Waals surface area contributed by atoms with Crippen molar-refractivity contribution in [2.24, 2.45) is 5.92 Å². The maximum absolute atomic E-state index is 14.5. The van der Waals surface area contributed by atoms with Gasteiger partial charge in [-0.1, -0.05) is 6.92 Å². The van der Waals surface area contributed by atoms with Gasteiger partial charge in [0.2, 0.25) is 0 Å². The molecule has 0 aromatic carbocycles. The van der Waals surface area contributed by atoms with Crippen LogP contribution in [-0.2, 0) is 9.47 Å². The summed E-state index contributed by atoms with van der Waals surface area (Å²) >= 11 is 1.55. The Morgan fingerprint density at radius 3 is 2.68 bits per heavy atom. The fourth-order valence-corrected chi connectivity index (χ4v) is 6.63. The van der Waals surface area contributed by atoms with Crippen LogP contribution in [0.25, 0.3) is 5.52 Å². The van der Waals surface area contributed by atoms with Crippen molar-refractivity contribution in [1.29, 1.82) is 0 Å². The minimum atomic E-state index is -2.63. The zero-order valence-corrected chi connectivity index (χ0v) is 23.0. The van der Waals surface area contributed by atoms with Crippen LogP contribution in [0.15, 0.2) is 23.5 Å². The van der Waals surface area contributed by atoms with Crippen molar-refractivity contribution < 1.29 is 23.4 Å². The van der Waals surface area contributed by atoms with E-state index in [4.69, 9.17) is 9.47 Å². The second-order valence-electron chi connectivity index (χ2n) is 11.3. The minimum Gasteiger partial charge on any atom is -0.366 e. The number of aromatic nitrogens is 3. The van der Waals surface area contributed by atoms with Crippen molar-refractivity contribution in [3.8, 4) is 0 Å². The van der Waals surface area contributed by atoms with Crippen LogP contribution in [0.2, 0.25) is 0 Å². The Labute approximate surface area is 221 Å². The molecule has 0 spiro atoms. The number of halogens is 2. The number of likely N-dealkylation sites (tertiary alicyclic amines) is 2. The van der Waals surface area contributed by atoms with Gasteiger partial charge < -0.3 is 19.5 Å². The lowest BCUT2D eigenvalue weighted by molar-refractivity contribution is -0.221. The Morgan fingerprint density at radius 1 is 1.22 bits per heavy atom. The molecule has 0 amide bonds. The molecule has 5 rings (SSSR count). The number of fused-ring (bicyclic) bond motifs is 1. The maximum Gasteiger partial charge on any atom is 0.250 e. The number of piperidine rings is 1. The van der Waals surface area contributed by atoms with Gasteiger partial charge >= 0.3 is 0 Å². The summed E-state index contributed by atoms with van der Waals surface area (Å²) in [5.74, 6) is -4.05. The van der Waals surface area contributed by atoms with E-state index in [9.17, 15) is 13.9 Å². The zero-order chi connectivity index (χ0) is 26.4. The monoisotopic (exact) mass is 539 g/mol. The first-order valence-corrected chi connectivity index (χ1v) is 14.5. The highest BCUT2D eigenvalue weighted by Gasteiger charge is 2.49. The zero-order valence-electron chi connectivity index (χ0n) is 22.1. The van der Waals surface area contributed by atoms with Crippen molar-refractivity contribution >= 4 is 17.3 Å². The van der Waals surface area contributed by atoms with Gasteiger partial charge in [-0.25, -0.2) is 18.3 Å².